The Morgan fingerprint density at radius 2 is 2.06 bits per heavy atom. The number of fused-ring (bicyclic) bond motifs is 2. The summed E-state index contributed by atoms with van der Waals surface area (Å²) in [6.07, 6.45) is 8.17. The Morgan fingerprint density at radius 1 is 1.14 bits per heavy atom. The molecule has 0 aliphatic heterocycles. The highest BCUT2D eigenvalue weighted by molar-refractivity contribution is 6.01. The van der Waals surface area contributed by atoms with E-state index in [1.807, 2.05) is 55.5 Å². The van der Waals surface area contributed by atoms with E-state index in [9.17, 15) is 4.79 Å². The molecular weight excluding hydrogens is 436 g/mol. The smallest absolute Gasteiger partial charge is 0.251 e. The van der Waals surface area contributed by atoms with Crippen molar-refractivity contribution in [3.05, 3.63) is 78.2 Å². The van der Waals surface area contributed by atoms with Gasteiger partial charge in [-0.05, 0) is 68.5 Å². The molecule has 176 valence electrons. The highest BCUT2D eigenvalue weighted by Crippen LogP contribution is 2.29. The van der Waals surface area contributed by atoms with Crippen LogP contribution in [-0.2, 0) is 6.54 Å². The maximum absolute atomic E-state index is 13.2. The first-order chi connectivity index (χ1) is 17.1. The molecular formula is C28H28N6O. The molecule has 2 unspecified atom stereocenters. The molecule has 2 atom stereocenters. The summed E-state index contributed by atoms with van der Waals surface area (Å²) >= 11 is 0. The number of nitrogens with zero attached hydrogens (tertiary/aromatic N) is 4. The molecule has 0 radical (unpaired) electrons. The van der Waals surface area contributed by atoms with E-state index in [0.717, 1.165) is 65.6 Å². The number of hydrogen-bond acceptors (Lipinski definition) is 4. The summed E-state index contributed by atoms with van der Waals surface area (Å²) in [6.45, 7) is 2.85. The Bertz CT molecular complexity index is 1480. The topological polar surface area (TPSA) is 88.5 Å². The van der Waals surface area contributed by atoms with Crippen molar-refractivity contribution in [3.8, 4) is 11.3 Å². The molecule has 7 nitrogen and oxygen atoms in total. The Morgan fingerprint density at radius 3 is 2.94 bits per heavy atom. The summed E-state index contributed by atoms with van der Waals surface area (Å²) in [5.74, 6) is 0.474. The SMILES string of the molecule is Cc1cc(-c2n[nH]c3ccc(C(=O)NC4CCCC(Cn5cc6ccccc6n5)C4)cc23)ccn1. The van der Waals surface area contributed by atoms with Gasteiger partial charge in [-0.15, -0.1) is 0 Å². The van der Waals surface area contributed by atoms with Crippen LogP contribution in [0.5, 0.6) is 0 Å². The molecule has 1 aliphatic rings. The summed E-state index contributed by atoms with van der Waals surface area (Å²) in [6, 6.07) is 18.1. The minimum atomic E-state index is -0.0274. The van der Waals surface area contributed by atoms with Gasteiger partial charge < -0.3 is 5.32 Å². The standard InChI is InChI=1S/C28H28N6O/c1-18-13-20(11-12-29-18)27-24-15-21(9-10-26(24)31-32-27)28(35)30-23-7-4-5-19(14-23)16-34-17-22-6-2-3-8-25(22)33-34/h2-3,6,8-13,15,17,19,23H,4-5,7,14,16H2,1H3,(H,30,35)(H,31,32). The Labute approximate surface area is 203 Å². The van der Waals surface area contributed by atoms with E-state index in [1.165, 1.54) is 5.39 Å². The normalized spacial score (nSPS) is 18.2. The lowest BCUT2D eigenvalue weighted by Gasteiger charge is -2.29. The van der Waals surface area contributed by atoms with Crippen LogP contribution in [0, 0.1) is 12.8 Å². The van der Waals surface area contributed by atoms with Crippen LogP contribution in [0.4, 0.5) is 0 Å². The van der Waals surface area contributed by atoms with Gasteiger partial charge in [-0.3, -0.25) is 19.6 Å². The number of nitrogens with one attached hydrogen (secondary N) is 2. The van der Waals surface area contributed by atoms with Crippen molar-refractivity contribution in [1.82, 2.24) is 30.3 Å². The first-order valence-electron chi connectivity index (χ1n) is 12.3. The van der Waals surface area contributed by atoms with Crippen LogP contribution >= 0.6 is 0 Å². The molecule has 3 aromatic heterocycles. The lowest BCUT2D eigenvalue weighted by Crippen LogP contribution is -2.39. The monoisotopic (exact) mass is 464 g/mol. The highest BCUT2D eigenvalue weighted by atomic mass is 16.1. The lowest BCUT2D eigenvalue weighted by atomic mass is 9.85. The maximum Gasteiger partial charge on any atom is 0.251 e. The van der Waals surface area contributed by atoms with E-state index in [0.29, 0.717) is 11.5 Å². The number of H-pyrrole nitrogens is 1. The van der Waals surface area contributed by atoms with Gasteiger partial charge >= 0.3 is 0 Å². The fourth-order valence-corrected chi connectivity index (χ4v) is 5.30. The Balaban J connectivity index is 1.16. The largest absolute Gasteiger partial charge is 0.349 e. The molecule has 1 fully saturated rings. The van der Waals surface area contributed by atoms with Gasteiger partial charge in [-0.25, -0.2) is 0 Å². The summed E-state index contributed by atoms with van der Waals surface area (Å²) in [5, 5.41) is 17.7. The fraction of sp³-hybridized carbons (Fsp3) is 0.286. The molecule has 1 amide bonds. The number of aryl methyl sites for hydroxylation is 1. The molecule has 0 bridgehead atoms. The van der Waals surface area contributed by atoms with Crippen molar-refractivity contribution in [2.75, 3.05) is 0 Å². The average Bonchev–Trinajstić information content (AvgIpc) is 3.47. The Hall–Kier alpha value is -4.00. The number of aromatic amines is 1. The summed E-state index contributed by atoms with van der Waals surface area (Å²) in [4.78, 5) is 17.5. The van der Waals surface area contributed by atoms with Gasteiger partial charge in [0.15, 0.2) is 0 Å². The first-order valence-corrected chi connectivity index (χ1v) is 12.3. The van der Waals surface area contributed by atoms with E-state index in [4.69, 9.17) is 5.10 Å². The van der Waals surface area contributed by atoms with Crippen LogP contribution in [-0.4, -0.2) is 36.9 Å². The summed E-state index contributed by atoms with van der Waals surface area (Å²) in [5.41, 5.74) is 5.36. The van der Waals surface area contributed by atoms with Crippen LogP contribution in [0.25, 0.3) is 33.1 Å². The molecule has 0 saturated heterocycles. The van der Waals surface area contributed by atoms with E-state index < -0.39 is 0 Å². The zero-order chi connectivity index (χ0) is 23.8. The predicted molar refractivity (Wildman–Crippen MR) is 137 cm³/mol. The van der Waals surface area contributed by atoms with Gasteiger partial charge in [0.2, 0.25) is 0 Å². The van der Waals surface area contributed by atoms with E-state index >= 15 is 0 Å². The first kappa shape index (κ1) is 21.5. The van der Waals surface area contributed by atoms with Gasteiger partial charge in [0.25, 0.3) is 5.91 Å². The molecule has 2 aromatic carbocycles. The zero-order valence-corrected chi connectivity index (χ0v) is 19.7. The lowest BCUT2D eigenvalue weighted by molar-refractivity contribution is 0.0917. The molecule has 5 aromatic rings. The van der Waals surface area contributed by atoms with Crippen molar-refractivity contribution in [3.63, 3.8) is 0 Å². The van der Waals surface area contributed by atoms with Crippen LogP contribution in [0.3, 0.4) is 0 Å². The van der Waals surface area contributed by atoms with Crippen molar-refractivity contribution in [2.45, 2.75) is 45.2 Å². The Kier molecular flexibility index (Phi) is 5.52. The number of amides is 1. The molecule has 6 rings (SSSR count). The molecule has 1 aliphatic carbocycles. The molecule has 0 spiro atoms. The highest BCUT2D eigenvalue weighted by Gasteiger charge is 2.24. The van der Waals surface area contributed by atoms with Gasteiger partial charge in [-0.1, -0.05) is 24.6 Å². The third kappa shape index (κ3) is 4.41. The van der Waals surface area contributed by atoms with Crippen LogP contribution in [0.1, 0.15) is 41.7 Å². The minimum Gasteiger partial charge on any atom is -0.349 e. The average molecular weight is 465 g/mol. The van der Waals surface area contributed by atoms with Gasteiger partial charge in [0.05, 0.1) is 11.0 Å². The predicted octanol–water partition coefficient (Wildman–Crippen LogP) is 5.27. The van der Waals surface area contributed by atoms with E-state index in [-0.39, 0.29) is 11.9 Å². The van der Waals surface area contributed by atoms with Gasteiger partial charge in [0.1, 0.15) is 5.69 Å². The number of rotatable bonds is 5. The zero-order valence-electron chi connectivity index (χ0n) is 19.7. The van der Waals surface area contributed by atoms with Crippen molar-refractivity contribution < 1.29 is 4.79 Å². The van der Waals surface area contributed by atoms with Crippen molar-refractivity contribution >= 4 is 27.7 Å². The third-order valence-electron chi connectivity index (χ3n) is 7.02. The number of aromatic nitrogens is 5. The third-order valence-corrected chi connectivity index (χ3v) is 7.02. The van der Waals surface area contributed by atoms with Crippen LogP contribution in [0.15, 0.2) is 67.0 Å². The fourth-order valence-electron chi connectivity index (χ4n) is 5.30. The number of benzene rings is 2. The quantitative estimate of drug-likeness (QED) is 0.371. The molecule has 35 heavy (non-hydrogen) atoms. The van der Waals surface area contributed by atoms with Crippen LogP contribution < -0.4 is 5.32 Å². The van der Waals surface area contributed by atoms with E-state index in [2.05, 4.69) is 37.4 Å². The second-order valence-corrected chi connectivity index (χ2v) is 9.63. The molecule has 1 saturated carbocycles. The summed E-state index contributed by atoms with van der Waals surface area (Å²) < 4.78 is 2.06. The number of hydrogen-bond donors (Lipinski definition) is 2. The van der Waals surface area contributed by atoms with Crippen molar-refractivity contribution in [2.24, 2.45) is 5.92 Å². The number of carbonyl (C=O) groups is 1. The number of carbonyl (C=O) groups excluding carboxylic acids is 1. The van der Waals surface area contributed by atoms with E-state index in [1.54, 1.807) is 6.20 Å². The second kappa shape index (κ2) is 8.98. The van der Waals surface area contributed by atoms with Crippen LogP contribution in [0.2, 0.25) is 0 Å². The number of pyridine rings is 1. The van der Waals surface area contributed by atoms with Gasteiger partial charge in [-0.2, -0.15) is 10.2 Å². The molecule has 2 N–H and O–H groups in total. The summed E-state index contributed by atoms with van der Waals surface area (Å²) in [7, 11) is 0. The van der Waals surface area contributed by atoms with Crippen molar-refractivity contribution in [1.29, 1.82) is 0 Å². The molecule has 3 heterocycles. The minimum absolute atomic E-state index is 0.0274. The van der Waals surface area contributed by atoms with Gasteiger partial charge in [0, 0.05) is 52.6 Å². The maximum atomic E-state index is 13.2. The second-order valence-electron chi connectivity index (χ2n) is 9.63. The molecule has 7 heteroatoms.